The van der Waals surface area contributed by atoms with Gasteiger partial charge in [0.05, 0.1) is 12.1 Å². The minimum absolute atomic E-state index is 0.278. The van der Waals surface area contributed by atoms with E-state index in [1.807, 2.05) is 6.07 Å². The van der Waals surface area contributed by atoms with Crippen LogP contribution in [0.25, 0.3) is 0 Å². The summed E-state index contributed by atoms with van der Waals surface area (Å²) in [5.74, 6) is 1.10. The molecule has 4 heterocycles. The fourth-order valence-corrected chi connectivity index (χ4v) is 3.67. The van der Waals surface area contributed by atoms with Gasteiger partial charge in [0, 0.05) is 31.6 Å². The normalized spacial score (nSPS) is 28.3. The van der Waals surface area contributed by atoms with Crippen LogP contribution in [0.5, 0.6) is 0 Å². The molecule has 11 heteroatoms. The zero-order valence-corrected chi connectivity index (χ0v) is 12.9. The highest BCUT2D eigenvalue weighted by atomic mass is 32.3. The van der Waals surface area contributed by atoms with Gasteiger partial charge < -0.3 is 14.7 Å². The Morgan fingerprint density at radius 1 is 1.39 bits per heavy atom. The van der Waals surface area contributed by atoms with Gasteiger partial charge in [-0.25, -0.2) is 4.79 Å². The molecular weight excluding hydrogens is 328 g/mol. The lowest BCUT2D eigenvalue weighted by molar-refractivity contribution is -0.0317. The summed E-state index contributed by atoms with van der Waals surface area (Å²) in [6.07, 6.45) is 1.17. The SMILES string of the molecule is O=C1N2C[C@@H](CC[C@H]2c2cc(C3CNC3)on2)N1OS(=O)(=O)O. The van der Waals surface area contributed by atoms with E-state index in [0.29, 0.717) is 31.0 Å². The molecule has 126 valence electrons. The van der Waals surface area contributed by atoms with Gasteiger partial charge in [-0.15, -0.1) is 4.28 Å². The second-order valence-corrected chi connectivity index (χ2v) is 7.02. The Morgan fingerprint density at radius 2 is 2.17 bits per heavy atom. The topological polar surface area (TPSA) is 125 Å². The molecule has 3 saturated heterocycles. The standard InChI is InChI=1S/C12H16N4O6S/c17-12-15-6-8(16(12)22-23(18,19)20)1-2-10(15)9-3-11(21-14-9)7-4-13-5-7/h3,7-8,10,13H,1-2,4-6H2,(H,18,19,20)/t8-,10+/m1/s1. The number of piperidine rings is 1. The number of nitrogens with one attached hydrogen (secondary N) is 1. The molecule has 0 unspecified atom stereocenters. The van der Waals surface area contributed by atoms with Crippen molar-refractivity contribution in [2.45, 2.75) is 30.8 Å². The quantitative estimate of drug-likeness (QED) is 0.733. The molecule has 4 rings (SSSR count). The first-order valence-corrected chi connectivity index (χ1v) is 8.73. The number of carbonyl (C=O) groups excluding carboxylic acids is 1. The van der Waals surface area contributed by atoms with E-state index >= 15 is 0 Å². The Kier molecular flexibility index (Phi) is 3.34. The summed E-state index contributed by atoms with van der Waals surface area (Å²) in [6, 6.07) is 0.586. The number of rotatable bonds is 4. The molecule has 2 atom stereocenters. The lowest BCUT2D eigenvalue weighted by atomic mass is 9.96. The average Bonchev–Trinajstić information content (AvgIpc) is 2.97. The van der Waals surface area contributed by atoms with Crippen LogP contribution in [-0.2, 0) is 14.7 Å². The molecule has 0 radical (unpaired) electrons. The Morgan fingerprint density at radius 3 is 2.83 bits per heavy atom. The van der Waals surface area contributed by atoms with Crippen LogP contribution in [0.2, 0.25) is 0 Å². The van der Waals surface area contributed by atoms with Crippen molar-refractivity contribution in [2.75, 3.05) is 19.6 Å². The Balaban J connectivity index is 1.54. The molecule has 3 aliphatic rings. The van der Waals surface area contributed by atoms with Crippen LogP contribution in [0.4, 0.5) is 4.79 Å². The number of aromatic nitrogens is 1. The predicted molar refractivity (Wildman–Crippen MR) is 74.5 cm³/mol. The highest BCUT2D eigenvalue weighted by Gasteiger charge is 2.48. The lowest BCUT2D eigenvalue weighted by Gasteiger charge is -2.28. The molecule has 10 nitrogen and oxygen atoms in total. The van der Waals surface area contributed by atoms with Crippen LogP contribution in [0.3, 0.4) is 0 Å². The predicted octanol–water partition coefficient (Wildman–Crippen LogP) is 0.0369. The first kappa shape index (κ1) is 14.9. The van der Waals surface area contributed by atoms with Gasteiger partial charge in [0.15, 0.2) is 0 Å². The van der Waals surface area contributed by atoms with Gasteiger partial charge in [-0.2, -0.15) is 13.5 Å². The minimum atomic E-state index is -4.73. The first-order valence-electron chi connectivity index (χ1n) is 7.36. The highest BCUT2D eigenvalue weighted by Crippen LogP contribution is 2.39. The van der Waals surface area contributed by atoms with E-state index in [1.54, 1.807) is 0 Å². The van der Waals surface area contributed by atoms with Gasteiger partial charge >= 0.3 is 16.4 Å². The lowest BCUT2D eigenvalue weighted by Crippen LogP contribution is -2.39. The number of fused-ring (bicyclic) bond motifs is 2. The molecule has 2 amide bonds. The molecule has 23 heavy (non-hydrogen) atoms. The van der Waals surface area contributed by atoms with Crippen LogP contribution < -0.4 is 5.32 Å². The fraction of sp³-hybridized carbons (Fsp3) is 0.667. The van der Waals surface area contributed by atoms with Crippen molar-refractivity contribution in [1.82, 2.24) is 20.4 Å². The van der Waals surface area contributed by atoms with Crippen LogP contribution in [-0.4, -0.2) is 59.8 Å². The maximum Gasteiger partial charge on any atom is 0.418 e. The van der Waals surface area contributed by atoms with E-state index in [2.05, 4.69) is 14.8 Å². The Hall–Kier alpha value is -1.69. The third-order valence-electron chi connectivity index (χ3n) is 4.57. The number of nitrogens with zero attached hydrogens (tertiary/aromatic N) is 3. The van der Waals surface area contributed by atoms with Crippen molar-refractivity contribution in [3.63, 3.8) is 0 Å². The van der Waals surface area contributed by atoms with Gasteiger partial charge in [0.2, 0.25) is 0 Å². The third-order valence-corrected chi connectivity index (χ3v) is 4.92. The summed E-state index contributed by atoms with van der Waals surface area (Å²) in [5, 5.41) is 7.95. The number of urea groups is 1. The van der Waals surface area contributed by atoms with Crippen molar-refractivity contribution in [2.24, 2.45) is 0 Å². The summed E-state index contributed by atoms with van der Waals surface area (Å²) in [6.45, 7) is 2.02. The van der Waals surface area contributed by atoms with Gasteiger partial charge in [0.1, 0.15) is 11.5 Å². The van der Waals surface area contributed by atoms with E-state index in [4.69, 9.17) is 9.08 Å². The average molecular weight is 344 g/mol. The number of carbonyl (C=O) groups is 1. The second-order valence-electron chi connectivity index (χ2n) is 6.02. The molecule has 2 N–H and O–H groups in total. The van der Waals surface area contributed by atoms with Crippen molar-refractivity contribution < 1.29 is 26.6 Å². The monoisotopic (exact) mass is 344 g/mol. The maximum atomic E-state index is 12.3. The third kappa shape index (κ3) is 2.59. The van der Waals surface area contributed by atoms with Gasteiger partial charge in [-0.3, -0.25) is 4.55 Å². The molecule has 2 bridgehead atoms. The zero-order valence-electron chi connectivity index (χ0n) is 12.1. The summed E-state index contributed by atoms with van der Waals surface area (Å²) in [7, 11) is -4.73. The van der Waals surface area contributed by atoms with Gasteiger partial charge in [0.25, 0.3) is 0 Å². The van der Waals surface area contributed by atoms with E-state index in [0.717, 1.165) is 23.9 Å². The molecule has 0 saturated carbocycles. The van der Waals surface area contributed by atoms with Gasteiger partial charge in [-0.05, 0) is 12.8 Å². The summed E-state index contributed by atoms with van der Waals surface area (Å²) in [5.41, 5.74) is 0.660. The molecule has 1 aromatic heterocycles. The molecule has 0 aromatic carbocycles. The largest absolute Gasteiger partial charge is 0.418 e. The molecule has 0 aliphatic carbocycles. The summed E-state index contributed by atoms with van der Waals surface area (Å²) < 4.78 is 40.3. The van der Waals surface area contributed by atoms with Crippen molar-refractivity contribution in [3.05, 3.63) is 17.5 Å². The molecular formula is C12H16N4O6S. The summed E-state index contributed by atoms with van der Waals surface area (Å²) >= 11 is 0. The van der Waals surface area contributed by atoms with Crippen LogP contribution in [0, 0.1) is 0 Å². The Bertz CT molecular complexity index is 730. The number of amides is 2. The smallest absolute Gasteiger partial charge is 0.361 e. The highest BCUT2D eigenvalue weighted by molar-refractivity contribution is 7.80. The number of hydroxylamine groups is 2. The van der Waals surface area contributed by atoms with Crippen molar-refractivity contribution >= 4 is 16.4 Å². The number of hydrogen-bond acceptors (Lipinski definition) is 7. The van der Waals surface area contributed by atoms with Gasteiger partial charge in [-0.1, -0.05) is 5.16 Å². The summed E-state index contributed by atoms with van der Waals surface area (Å²) in [4.78, 5) is 13.8. The van der Waals surface area contributed by atoms with Crippen LogP contribution in [0.1, 0.15) is 36.3 Å². The van der Waals surface area contributed by atoms with E-state index in [9.17, 15) is 13.2 Å². The maximum absolute atomic E-state index is 12.3. The number of hydrogen-bond donors (Lipinski definition) is 2. The molecule has 1 aromatic rings. The van der Waals surface area contributed by atoms with Crippen LogP contribution in [0.15, 0.2) is 10.6 Å². The second kappa shape index (κ2) is 5.16. The van der Waals surface area contributed by atoms with Crippen LogP contribution >= 0.6 is 0 Å². The molecule has 3 aliphatic heterocycles. The van der Waals surface area contributed by atoms with E-state index in [-0.39, 0.29) is 6.04 Å². The fourth-order valence-electron chi connectivity index (χ4n) is 3.28. The molecule has 0 spiro atoms. The van der Waals surface area contributed by atoms with Crippen molar-refractivity contribution in [3.8, 4) is 0 Å². The van der Waals surface area contributed by atoms with E-state index < -0.39 is 22.5 Å². The first-order chi connectivity index (χ1) is 10.9. The zero-order chi connectivity index (χ0) is 16.2. The minimum Gasteiger partial charge on any atom is -0.361 e. The molecule has 3 fully saturated rings. The van der Waals surface area contributed by atoms with E-state index in [1.165, 1.54) is 4.90 Å². The Labute approximate surface area is 132 Å². The van der Waals surface area contributed by atoms with Crippen molar-refractivity contribution in [1.29, 1.82) is 0 Å².